The molecule has 1 aliphatic carbocycles. The van der Waals surface area contributed by atoms with Gasteiger partial charge in [-0.1, -0.05) is 6.42 Å². The number of rotatable bonds is 5. The van der Waals surface area contributed by atoms with E-state index in [-0.39, 0.29) is 17.6 Å². The fourth-order valence-corrected chi connectivity index (χ4v) is 3.54. The van der Waals surface area contributed by atoms with Crippen LogP contribution < -0.4 is 5.32 Å². The highest BCUT2D eigenvalue weighted by molar-refractivity contribution is 5.80. The van der Waals surface area contributed by atoms with E-state index in [1.165, 1.54) is 12.1 Å². The summed E-state index contributed by atoms with van der Waals surface area (Å²) in [6.07, 6.45) is 3.10. The Balaban J connectivity index is 1.56. The molecular weight excluding hydrogens is 325 g/mol. The lowest BCUT2D eigenvalue weighted by Crippen LogP contribution is -2.36. The lowest BCUT2D eigenvalue weighted by Gasteiger charge is -2.25. The minimum absolute atomic E-state index is 0.0873. The maximum atomic E-state index is 13.3. The van der Waals surface area contributed by atoms with E-state index in [0.717, 1.165) is 24.2 Å². The fourth-order valence-electron chi connectivity index (χ4n) is 3.54. The topological polar surface area (TPSA) is 84.2 Å². The molecule has 0 radical (unpaired) electrons. The highest BCUT2D eigenvalue weighted by Crippen LogP contribution is 2.29. The quantitative estimate of drug-likeness (QED) is 0.869. The number of carboxylic acid groups (broad SMARTS) is 1. The van der Waals surface area contributed by atoms with Crippen molar-refractivity contribution >= 4 is 22.9 Å². The molecule has 134 valence electrons. The third-order valence-corrected chi connectivity index (χ3v) is 4.98. The third-order valence-electron chi connectivity index (χ3n) is 4.98. The second-order valence-corrected chi connectivity index (χ2v) is 6.66. The summed E-state index contributed by atoms with van der Waals surface area (Å²) in [7, 11) is 1.86. The molecule has 2 N–H and O–H groups in total. The molecule has 0 spiro atoms. The molecular formula is C18H22FN3O3. The summed E-state index contributed by atoms with van der Waals surface area (Å²) < 4.78 is 15.2. The van der Waals surface area contributed by atoms with Crippen LogP contribution >= 0.6 is 0 Å². The molecule has 0 bridgehead atoms. The van der Waals surface area contributed by atoms with Crippen molar-refractivity contribution in [3.63, 3.8) is 0 Å². The van der Waals surface area contributed by atoms with E-state index in [0.29, 0.717) is 31.3 Å². The van der Waals surface area contributed by atoms with Gasteiger partial charge >= 0.3 is 5.97 Å². The van der Waals surface area contributed by atoms with E-state index in [1.54, 1.807) is 6.07 Å². The summed E-state index contributed by atoms with van der Waals surface area (Å²) >= 11 is 0. The molecule has 2 aromatic rings. The predicted octanol–water partition coefficient (Wildman–Crippen LogP) is 2.26. The summed E-state index contributed by atoms with van der Waals surface area (Å²) in [6, 6.07) is 4.48. The van der Waals surface area contributed by atoms with Crippen LogP contribution in [0.5, 0.6) is 0 Å². The number of hydrogen-bond acceptors (Lipinski definition) is 3. The number of carbonyl (C=O) groups excluding carboxylic acids is 1. The van der Waals surface area contributed by atoms with E-state index < -0.39 is 11.9 Å². The number of imidazole rings is 1. The van der Waals surface area contributed by atoms with Crippen LogP contribution in [0.4, 0.5) is 4.39 Å². The molecule has 1 saturated carbocycles. The van der Waals surface area contributed by atoms with Crippen LogP contribution in [-0.2, 0) is 23.1 Å². The molecule has 0 aliphatic heterocycles. The average Bonchev–Trinajstić information content (AvgIpc) is 2.90. The van der Waals surface area contributed by atoms with Crippen molar-refractivity contribution in [3.8, 4) is 0 Å². The maximum Gasteiger partial charge on any atom is 0.306 e. The molecule has 1 aliphatic rings. The minimum atomic E-state index is -0.815. The molecule has 2 unspecified atom stereocenters. The first-order valence-corrected chi connectivity index (χ1v) is 8.57. The van der Waals surface area contributed by atoms with Gasteiger partial charge in [-0.05, 0) is 31.4 Å². The van der Waals surface area contributed by atoms with Crippen LogP contribution in [-0.4, -0.2) is 33.1 Å². The third kappa shape index (κ3) is 3.81. The van der Waals surface area contributed by atoms with Crippen LogP contribution in [0.1, 0.15) is 31.5 Å². The molecule has 1 heterocycles. The van der Waals surface area contributed by atoms with E-state index in [1.807, 2.05) is 11.6 Å². The number of nitrogens with one attached hydrogen (secondary N) is 1. The number of aromatic nitrogens is 2. The van der Waals surface area contributed by atoms with E-state index >= 15 is 0 Å². The molecule has 25 heavy (non-hydrogen) atoms. The highest BCUT2D eigenvalue weighted by Gasteiger charge is 2.30. The lowest BCUT2D eigenvalue weighted by molar-refractivity contribution is -0.144. The largest absolute Gasteiger partial charge is 0.481 e. The van der Waals surface area contributed by atoms with Gasteiger partial charge in [0.15, 0.2) is 0 Å². The van der Waals surface area contributed by atoms with Crippen molar-refractivity contribution in [2.24, 2.45) is 18.9 Å². The van der Waals surface area contributed by atoms with E-state index in [4.69, 9.17) is 5.11 Å². The Morgan fingerprint density at radius 1 is 1.36 bits per heavy atom. The van der Waals surface area contributed by atoms with Gasteiger partial charge in [-0.25, -0.2) is 9.37 Å². The number of carboxylic acids is 1. The molecule has 1 amide bonds. The van der Waals surface area contributed by atoms with E-state index in [9.17, 15) is 14.0 Å². The van der Waals surface area contributed by atoms with Gasteiger partial charge in [0.25, 0.3) is 0 Å². The second kappa shape index (κ2) is 7.21. The molecule has 0 saturated heterocycles. The van der Waals surface area contributed by atoms with Crippen molar-refractivity contribution < 1.29 is 19.1 Å². The van der Waals surface area contributed by atoms with E-state index in [2.05, 4.69) is 10.3 Å². The standard InChI is InChI=1S/C18H22FN3O3/c1-22-15-6-5-13(19)10-14(15)21-16(22)7-8-20-17(23)11-3-2-4-12(9-11)18(24)25/h5-6,10-12H,2-4,7-9H2,1H3,(H,20,23)(H,24,25). The summed E-state index contributed by atoms with van der Waals surface area (Å²) in [5, 5.41) is 12.0. The van der Waals surface area contributed by atoms with Crippen molar-refractivity contribution in [1.29, 1.82) is 0 Å². The van der Waals surface area contributed by atoms with Gasteiger partial charge in [0, 0.05) is 32.0 Å². The zero-order valence-corrected chi connectivity index (χ0v) is 14.2. The molecule has 7 heteroatoms. The number of carbonyl (C=O) groups is 2. The van der Waals surface area contributed by atoms with Crippen molar-refractivity contribution in [2.45, 2.75) is 32.1 Å². The summed E-state index contributed by atoms with van der Waals surface area (Å²) in [6.45, 7) is 0.423. The smallest absolute Gasteiger partial charge is 0.306 e. The van der Waals surface area contributed by atoms with Gasteiger partial charge < -0.3 is 15.0 Å². The predicted molar refractivity (Wildman–Crippen MR) is 90.5 cm³/mol. The highest BCUT2D eigenvalue weighted by atomic mass is 19.1. The Kier molecular flexibility index (Phi) is 5.01. The van der Waals surface area contributed by atoms with Crippen LogP contribution in [0.3, 0.4) is 0 Å². The maximum absolute atomic E-state index is 13.3. The summed E-state index contributed by atoms with van der Waals surface area (Å²) in [4.78, 5) is 27.8. The number of aliphatic carboxylic acids is 1. The first-order valence-electron chi connectivity index (χ1n) is 8.57. The fraction of sp³-hybridized carbons (Fsp3) is 0.500. The number of halogens is 1. The molecule has 1 fully saturated rings. The second-order valence-electron chi connectivity index (χ2n) is 6.66. The molecule has 6 nitrogen and oxygen atoms in total. The van der Waals surface area contributed by atoms with Crippen LogP contribution in [0, 0.1) is 17.7 Å². The molecule has 2 atom stereocenters. The van der Waals surface area contributed by atoms with Gasteiger partial charge in [0.05, 0.1) is 17.0 Å². The Labute approximate surface area is 145 Å². The summed E-state index contributed by atoms with van der Waals surface area (Å²) in [5.74, 6) is -1.10. The Bertz CT molecular complexity index is 802. The Morgan fingerprint density at radius 3 is 2.88 bits per heavy atom. The number of fused-ring (bicyclic) bond motifs is 1. The number of benzene rings is 1. The number of amides is 1. The van der Waals surface area contributed by atoms with Gasteiger partial charge in [-0.15, -0.1) is 0 Å². The minimum Gasteiger partial charge on any atom is -0.481 e. The Hall–Kier alpha value is -2.44. The SMILES string of the molecule is Cn1c(CCNC(=O)C2CCCC(C(=O)O)C2)nc2cc(F)ccc21. The molecule has 1 aromatic heterocycles. The summed E-state index contributed by atoms with van der Waals surface area (Å²) in [5.41, 5.74) is 1.44. The van der Waals surface area contributed by atoms with Crippen LogP contribution in [0.15, 0.2) is 18.2 Å². The van der Waals surface area contributed by atoms with Crippen LogP contribution in [0.2, 0.25) is 0 Å². The molecule has 1 aromatic carbocycles. The van der Waals surface area contributed by atoms with Gasteiger partial charge in [0.1, 0.15) is 11.6 Å². The van der Waals surface area contributed by atoms with Gasteiger partial charge in [-0.3, -0.25) is 9.59 Å². The number of hydrogen-bond donors (Lipinski definition) is 2. The lowest BCUT2D eigenvalue weighted by atomic mass is 9.81. The zero-order chi connectivity index (χ0) is 18.0. The number of aryl methyl sites for hydroxylation is 1. The van der Waals surface area contributed by atoms with Gasteiger partial charge in [0.2, 0.25) is 5.91 Å². The zero-order valence-electron chi connectivity index (χ0n) is 14.2. The molecule has 3 rings (SSSR count). The van der Waals surface area contributed by atoms with Crippen molar-refractivity contribution in [2.75, 3.05) is 6.54 Å². The monoisotopic (exact) mass is 347 g/mol. The Morgan fingerprint density at radius 2 is 2.12 bits per heavy atom. The van der Waals surface area contributed by atoms with Gasteiger partial charge in [-0.2, -0.15) is 0 Å². The first kappa shape index (κ1) is 17.4. The van der Waals surface area contributed by atoms with Crippen LogP contribution in [0.25, 0.3) is 11.0 Å². The van der Waals surface area contributed by atoms with Crippen molar-refractivity contribution in [1.82, 2.24) is 14.9 Å². The van der Waals surface area contributed by atoms with Crippen molar-refractivity contribution in [3.05, 3.63) is 29.8 Å². The first-order chi connectivity index (χ1) is 12.0. The average molecular weight is 347 g/mol. The number of nitrogens with zero attached hydrogens (tertiary/aromatic N) is 2. The normalized spacial score (nSPS) is 20.6.